The van der Waals surface area contributed by atoms with Crippen molar-refractivity contribution in [2.45, 2.75) is 18.9 Å². The van der Waals surface area contributed by atoms with Gasteiger partial charge in [-0.15, -0.1) is 6.58 Å². The molecule has 92 valence electrons. The number of hydrogen-bond donors (Lipinski definition) is 0. The van der Waals surface area contributed by atoms with Gasteiger partial charge in [0.15, 0.2) is 0 Å². The molecule has 0 N–H and O–H groups in total. The maximum absolute atomic E-state index is 4.51. The summed E-state index contributed by atoms with van der Waals surface area (Å²) in [5.74, 6) is 0. The fourth-order valence-corrected chi connectivity index (χ4v) is 2.51. The molecule has 3 rings (SSSR count). The minimum atomic E-state index is 0.638. The first-order valence-electron chi connectivity index (χ1n) is 6.07. The van der Waals surface area contributed by atoms with Gasteiger partial charge in [-0.3, -0.25) is 9.97 Å². The first kappa shape index (κ1) is 11.7. The van der Waals surface area contributed by atoms with Crippen LogP contribution in [0.3, 0.4) is 0 Å². The van der Waals surface area contributed by atoms with E-state index >= 15 is 0 Å². The topological polar surface area (TPSA) is 29.0 Å². The van der Waals surface area contributed by atoms with Crippen LogP contribution in [0.2, 0.25) is 0 Å². The molecule has 0 spiro atoms. The van der Waals surface area contributed by atoms with E-state index in [0.29, 0.717) is 6.04 Å². The predicted octanol–water partition coefficient (Wildman–Crippen LogP) is 3.55. The Kier molecular flexibility index (Phi) is 3.04. The summed E-state index contributed by atoms with van der Waals surface area (Å²) >= 11 is 3.43. The Morgan fingerprint density at radius 3 is 3.00 bits per heavy atom. The monoisotopic (exact) mass is 303 g/mol. The molecule has 0 saturated heterocycles. The van der Waals surface area contributed by atoms with Crippen LogP contribution in [0.4, 0.5) is 5.69 Å². The van der Waals surface area contributed by atoms with E-state index in [2.05, 4.69) is 37.4 Å². The SMILES string of the molecule is C=CCN(c1ccnc2cc(Br)cnc12)C1CC1. The Bertz CT molecular complexity index is 593. The minimum Gasteiger partial charge on any atom is -0.363 e. The van der Waals surface area contributed by atoms with E-state index in [0.717, 1.165) is 27.7 Å². The highest BCUT2D eigenvalue weighted by Crippen LogP contribution is 2.34. The zero-order chi connectivity index (χ0) is 12.5. The van der Waals surface area contributed by atoms with Gasteiger partial charge < -0.3 is 4.90 Å². The van der Waals surface area contributed by atoms with Gasteiger partial charge >= 0.3 is 0 Å². The second-order valence-corrected chi connectivity index (χ2v) is 5.44. The quantitative estimate of drug-likeness (QED) is 0.809. The molecule has 4 heteroatoms. The molecule has 1 saturated carbocycles. The first-order valence-corrected chi connectivity index (χ1v) is 6.86. The summed E-state index contributed by atoms with van der Waals surface area (Å²) in [6.45, 7) is 4.71. The molecule has 2 aromatic heterocycles. The number of halogens is 1. The highest BCUT2D eigenvalue weighted by molar-refractivity contribution is 9.10. The van der Waals surface area contributed by atoms with Crippen molar-refractivity contribution in [3.05, 3.63) is 41.7 Å². The van der Waals surface area contributed by atoms with Gasteiger partial charge in [-0.25, -0.2) is 0 Å². The van der Waals surface area contributed by atoms with Gasteiger partial charge in [0.1, 0.15) is 5.52 Å². The minimum absolute atomic E-state index is 0.638. The third-order valence-corrected chi connectivity index (χ3v) is 3.58. The van der Waals surface area contributed by atoms with E-state index in [1.54, 1.807) is 0 Å². The molecule has 0 radical (unpaired) electrons. The summed E-state index contributed by atoms with van der Waals surface area (Å²) in [7, 11) is 0. The molecule has 1 aliphatic carbocycles. The van der Waals surface area contributed by atoms with Crippen LogP contribution in [0.1, 0.15) is 12.8 Å². The summed E-state index contributed by atoms with van der Waals surface area (Å²) < 4.78 is 0.960. The number of aromatic nitrogens is 2. The molecule has 0 aromatic carbocycles. The van der Waals surface area contributed by atoms with Crippen molar-refractivity contribution in [1.82, 2.24) is 9.97 Å². The first-order chi connectivity index (χ1) is 8.79. The van der Waals surface area contributed by atoms with Gasteiger partial charge in [0.05, 0.1) is 11.2 Å². The standard InChI is InChI=1S/C14H14BrN3/c1-2-7-18(11-3-4-11)13-5-6-16-12-8-10(15)9-17-14(12)13/h2,5-6,8-9,11H,1,3-4,7H2. The fourth-order valence-electron chi connectivity index (χ4n) is 2.19. The molecule has 18 heavy (non-hydrogen) atoms. The zero-order valence-corrected chi connectivity index (χ0v) is 11.6. The van der Waals surface area contributed by atoms with Crippen molar-refractivity contribution < 1.29 is 0 Å². The van der Waals surface area contributed by atoms with Crippen LogP contribution < -0.4 is 4.90 Å². The van der Waals surface area contributed by atoms with E-state index in [4.69, 9.17) is 0 Å². The van der Waals surface area contributed by atoms with Crippen molar-refractivity contribution in [2.75, 3.05) is 11.4 Å². The lowest BCUT2D eigenvalue weighted by atomic mass is 10.2. The van der Waals surface area contributed by atoms with Crippen LogP contribution in [-0.4, -0.2) is 22.6 Å². The summed E-state index contributed by atoms with van der Waals surface area (Å²) in [4.78, 5) is 11.3. The molecular weight excluding hydrogens is 290 g/mol. The maximum atomic E-state index is 4.51. The average molecular weight is 304 g/mol. The third-order valence-electron chi connectivity index (χ3n) is 3.15. The molecule has 1 fully saturated rings. The molecule has 0 unspecified atom stereocenters. The molecule has 2 aromatic rings. The lowest BCUT2D eigenvalue weighted by Crippen LogP contribution is -2.26. The second-order valence-electron chi connectivity index (χ2n) is 4.52. The Morgan fingerprint density at radius 2 is 2.28 bits per heavy atom. The molecule has 3 nitrogen and oxygen atoms in total. The van der Waals surface area contributed by atoms with E-state index in [9.17, 15) is 0 Å². The third kappa shape index (κ3) is 2.12. The predicted molar refractivity (Wildman–Crippen MR) is 77.8 cm³/mol. The van der Waals surface area contributed by atoms with Crippen LogP contribution in [0.15, 0.2) is 41.7 Å². The molecule has 0 amide bonds. The Morgan fingerprint density at radius 1 is 1.44 bits per heavy atom. The molecule has 2 heterocycles. The number of fused-ring (bicyclic) bond motifs is 1. The van der Waals surface area contributed by atoms with Gasteiger partial charge in [-0.2, -0.15) is 0 Å². The molecule has 0 atom stereocenters. The van der Waals surface area contributed by atoms with Crippen LogP contribution in [0.25, 0.3) is 11.0 Å². The van der Waals surface area contributed by atoms with Crippen LogP contribution in [0.5, 0.6) is 0 Å². The molecule has 0 aliphatic heterocycles. The number of nitrogens with zero attached hydrogens (tertiary/aromatic N) is 3. The van der Waals surface area contributed by atoms with Crippen molar-refractivity contribution in [3.63, 3.8) is 0 Å². The van der Waals surface area contributed by atoms with Gasteiger partial charge in [-0.05, 0) is 40.9 Å². The lowest BCUT2D eigenvalue weighted by Gasteiger charge is -2.23. The van der Waals surface area contributed by atoms with Crippen molar-refractivity contribution in [1.29, 1.82) is 0 Å². The van der Waals surface area contributed by atoms with Crippen molar-refractivity contribution in [2.24, 2.45) is 0 Å². The number of pyridine rings is 2. The summed E-state index contributed by atoms with van der Waals surface area (Å²) in [5, 5.41) is 0. The maximum Gasteiger partial charge on any atom is 0.112 e. The normalized spacial score (nSPS) is 14.7. The summed E-state index contributed by atoms with van der Waals surface area (Å²) in [6, 6.07) is 4.69. The highest BCUT2D eigenvalue weighted by atomic mass is 79.9. The average Bonchev–Trinajstić information content (AvgIpc) is 3.19. The highest BCUT2D eigenvalue weighted by Gasteiger charge is 2.29. The van der Waals surface area contributed by atoms with Crippen LogP contribution in [-0.2, 0) is 0 Å². The number of anilines is 1. The van der Waals surface area contributed by atoms with E-state index in [-0.39, 0.29) is 0 Å². The van der Waals surface area contributed by atoms with Crippen LogP contribution in [0, 0.1) is 0 Å². The van der Waals surface area contributed by atoms with Crippen molar-refractivity contribution in [3.8, 4) is 0 Å². The fraction of sp³-hybridized carbons (Fsp3) is 0.286. The zero-order valence-electron chi connectivity index (χ0n) is 10.0. The Hall–Kier alpha value is -1.42. The van der Waals surface area contributed by atoms with E-state index in [1.807, 2.05) is 30.6 Å². The van der Waals surface area contributed by atoms with Crippen LogP contribution >= 0.6 is 15.9 Å². The molecule has 1 aliphatic rings. The Labute approximate surface area is 115 Å². The Balaban J connectivity index is 2.12. The number of rotatable bonds is 4. The van der Waals surface area contributed by atoms with Gasteiger partial charge in [0.25, 0.3) is 0 Å². The van der Waals surface area contributed by atoms with Gasteiger partial charge in [-0.1, -0.05) is 6.08 Å². The van der Waals surface area contributed by atoms with E-state index in [1.165, 1.54) is 12.8 Å². The lowest BCUT2D eigenvalue weighted by molar-refractivity contribution is 0.864. The summed E-state index contributed by atoms with van der Waals surface area (Å²) in [5.41, 5.74) is 3.06. The second kappa shape index (κ2) is 4.69. The molecular formula is C14H14BrN3. The number of hydrogen-bond acceptors (Lipinski definition) is 3. The van der Waals surface area contributed by atoms with E-state index < -0.39 is 0 Å². The van der Waals surface area contributed by atoms with Gasteiger partial charge in [0, 0.05) is 29.5 Å². The van der Waals surface area contributed by atoms with Gasteiger partial charge in [0.2, 0.25) is 0 Å². The summed E-state index contributed by atoms with van der Waals surface area (Å²) in [6.07, 6.45) is 8.14. The van der Waals surface area contributed by atoms with Crippen molar-refractivity contribution >= 4 is 32.7 Å². The largest absolute Gasteiger partial charge is 0.363 e. The smallest absolute Gasteiger partial charge is 0.112 e. The molecule has 0 bridgehead atoms.